The molecular weight excluding hydrogens is 346 g/mol. The number of rotatable bonds is 6. The molecule has 3 nitrogen and oxygen atoms in total. The van der Waals surface area contributed by atoms with Gasteiger partial charge in [-0.25, -0.2) is 0 Å². The Morgan fingerprint density at radius 1 is 0.815 bits per heavy atom. The van der Waals surface area contributed by atoms with Crippen molar-refractivity contribution in [1.29, 1.82) is 5.26 Å². The zero-order valence-corrected chi connectivity index (χ0v) is 18.7. The fraction of sp³-hybridized carbons (Fsp3) is 0.957. The molecule has 0 spiro atoms. The van der Waals surface area contributed by atoms with Gasteiger partial charge in [0.05, 0.1) is 12.0 Å². The highest BCUT2D eigenvalue weighted by atomic mass is 28.3. The molecule has 4 rings (SSSR count). The van der Waals surface area contributed by atoms with E-state index in [0.717, 1.165) is 23.2 Å². The first-order valence-corrected chi connectivity index (χ1v) is 14.3. The van der Waals surface area contributed by atoms with Gasteiger partial charge in [-0.15, -0.1) is 0 Å². The molecule has 3 saturated carbocycles. The van der Waals surface area contributed by atoms with Crippen LogP contribution in [0.1, 0.15) is 90.4 Å². The first kappa shape index (κ1) is 19.9. The van der Waals surface area contributed by atoms with Gasteiger partial charge in [0.25, 0.3) is 0 Å². The molecule has 4 heteroatoms. The van der Waals surface area contributed by atoms with Crippen LogP contribution in [0.2, 0.25) is 16.6 Å². The molecule has 0 aromatic carbocycles. The summed E-state index contributed by atoms with van der Waals surface area (Å²) in [5.74, 6) is 0.172. The Balaban J connectivity index is 1.64. The third kappa shape index (κ3) is 3.89. The van der Waals surface area contributed by atoms with Crippen molar-refractivity contribution in [3.8, 4) is 6.07 Å². The Hall–Kier alpha value is -0.373. The molecule has 0 bridgehead atoms. The van der Waals surface area contributed by atoms with E-state index in [0.29, 0.717) is 0 Å². The van der Waals surface area contributed by atoms with E-state index in [2.05, 4.69) is 22.5 Å². The first-order chi connectivity index (χ1) is 13.2. The molecule has 1 aliphatic heterocycles. The van der Waals surface area contributed by atoms with Crippen molar-refractivity contribution in [2.45, 2.75) is 107 Å². The lowest BCUT2D eigenvalue weighted by atomic mass is 10.2. The van der Waals surface area contributed by atoms with Crippen LogP contribution in [0.4, 0.5) is 0 Å². The molecule has 0 aromatic rings. The van der Waals surface area contributed by atoms with E-state index < -0.39 is 8.24 Å². The molecule has 3 aliphatic carbocycles. The molecule has 0 radical (unpaired) electrons. The number of hydrogen-bond donors (Lipinski definition) is 0. The summed E-state index contributed by atoms with van der Waals surface area (Å²) < 4.78 is 3.16. The van der Waals surface area contributed by atoms with Crippen LogP contribution in [0.25, 0.3) is 0 Å². The summed E-state index contributed by atoms with van der Waals surface area (Å²) in [4.78, 5) is 2.65. The summed E-state index contributed by atoms with van der Waals surface area (Å²) in [7, 11) is -1.49. The minimum atomic E-state index is -1.49. The molecule has 1 atom stereocenters. The van der Waals surface area contributed by atoms with Crippen LogP contribution in [0.3, 0.4) is 0 Å². The van der Waals surface area contributed by atoms with Crippen LogP contribution >= 0.6 is 0 Å². The molecular formula is C23H41N3Si. The van der Waals surface area contributed by atoms with Crippen LogP contribution in [-0.2, 0) is 0 Å². The largest absolute Gasteiger partial charge is 0.310 e. The molecule has 0 aromatic heterocycles. The van der Waals surface area contributed by atoms with E-state index in [1.165, 1.54) is 64.7 Å². The molecule has 1 saturated heterocycles. The summed E-state index contributed by atoms with van der Waals surface area (Å²) in [6.07, 6.45) is 19.6. The Bertz CT molecular complexity index is 471. The maximum absolute atomic E-state index is 9.33. The van der Waals surface area contributed by atoms with E-state index in [1.807, 2.05) is 0 Å². The lowest BCUT2D eigenvalue weighted by Gasteiger charge is -2.56. The lowest BCUT2D eigenvalue weighted by molar-refractivity contribution is 0.125. The van der Waals surface area contributed by atoms with Crippen molar-refractivity contribution in [3.05, 3.63) is 0 Å². The topological polar surface area (TPSA) is 30.3 Å². The third-order valence-corrected chi connectivity index (χ3v) is 15.7. The first-order valence-electron chi connectivity index (χ1n) is 12.1. The van der Waals surface area contributed by atoms with Crippen molar-refractivity contribution in [1.82, 2.24) is 9.47 Å². The van der Waals surface area contributed by atoms with Gasteiger partial charge in [-0.2, -0.15) is 5.26 Å². The van der Waals surface area contributed by atoms with Crippen molar-refractivity contribution in [2.24, 2.45) is 5.92 Å². The zero-order chi connectivity index (χ0) is 18.7. The molecule has 1 unspecified atom stereocenters. The smallest absolute Gasteiger partial charge is 0.138 e. The number of nitriles is 1. The molecule has 0 amide bonds. The second kappa shape index (κ2) is 8.97. The van der Waals surface area contributed by atoms with Crippen LogP contribution in [0.5, 0.6) is 0 Å². The van der Waals surface area contributed by atoms with Crippen LogP contribution in [-0.4, -0.2) is 44.0 Å². The van der Waals surface area contributed by atoms with E-state index >= 15 is 0 Å². The molecule has 0 N–H and O–H groups in total. The molecule has 4 fully saturated rings. The quantitative estimate of drug-likeness (QED) is 0.532. The van der Waals surface area contributed by atoms with E-state index in [1.54, 1.807) is 38.5 Å². The van der Waals surface area contributed by atoms with Crippen molar-refractivity contribution in [2.75, 3.05) is 26.3 Å². The zero-order valence-electron chi connectivity index (χ0n) is 17.7. The van der Waals surface area contributed by atoms with Gasteiger partial charge in [-0.05, 0) is 36.5 Å². The minimum Gasteiger partial charge on any atom is -0.310 e. The van der Waals surface area contributed by atoms with Gasteiger partial charge in [-0.3, -0.25) is 4.90 Å². The normalized spacial score (nSPS) is 28.7. The molecule has 27 heavy (non-hydrogen) atoms. The predicted molar refractivity (Wildman–Crippen MR) is 115 cm³/mol. The summed E-state index contributed by atoms with van der Waals surface area (Å²) in [5.41, 5.74) is 3.24. The predicted octanol–water partition coefficient (Wildman–Crippen LogP) is 5.89. The summed E-state index contributed by atoms with van der Waals surface area (Å²) in [5, 5.41) is 9.33. The highest BCUT2D eigenvalue weighted by Gasteiger charge is 2.58. The molecule has 4 aliphatic rings. The highest BCUT2D eigenvalue weighted by Crippen LogP contribution is 2.60. The molecule has 1 heterocycles. The van der Waals surface area contributed by atoms with Crippen LogP contribution in [0, 0.1) is 17.2 Å². The van der Waals surface area contributed by atoms with Gasteiger partial charge in [0.1, 0.15) is 8.24 Å². The highest BCUT2D eigenvalue weighted by molar-refractivity contribution is 6.81. The van der Waals surface area contributed by atoms with Gasteiger partial charge >= 0.3 is 0 Å². The van der Waals surface area contributed by atoms with Gasteiger partial charge in [-0.1, -0.05) is 77.0 Å². The summed E-state index contributed by atoms with van der Waals surface area (Å²) in [6.45, 7) is 6.87. The minimum absolute atomic E-state index is 0.172. The maximum Gasteiger partial charge on any atom is 0.138 e. The summed E-state index contributed by atoms with van der Waals surface area (Å²) >= 11 is 0. The van der Waals surface area contributed by atoms with Crippen molar-refractivity contribution >= 4 is 8.24 Å². The SMILES string of the molecule is CC(C#N)CN1CCCN([Si](C2CCCC2)(C2CCCC2)C2CCCC2)C1. The fourth-order valence-corrected chi connectivity index (χ4v) is 16.2. The standard InChI is InChI=1S/C23H41N3Si/c1-20(17-24)18-25-15-8-16-26(19-25)27(21-9-2-3-10-21,22-11-4-5-12-22)23-13-6-7-14-23/h20-23H,2-16,18-19H2,1H3. The van der Waals surface area contributed by atoms with Gasteiger partial charge in [0.15, 0.2) is 0 Å². The van der Waals surface area contributed by atoms with Gasteiger partial charge in [0.2, 0.25) is 0 Å². The third-order valence-electron chi connectivity index (χ3n) is 8.60. The average molecular weight is 388 g/mol. The van der Waals surface area contributed by atoms with Crippen molar-refractivity contribution < 1.29 is 0 Å². The Morgan fingerprint density at radius 2 is 1.30 bits per heavy atom. The Kier molecular flexibility index (Phi) is 6.62. The van der Waals surface area contributed by atoms with E-state index in [-0.39, 0.29) is 5.92 Å². The monoisotopic (exact) mass is 387 g/mol. The Morgan fingerprint density at radius 3 is 1.74 bits per heavy atom. The van der Waals surface area contributed by atoms with Gasteiger partial charge < -0.3 is 4.57 Å². The molecule has 152 valence electrons. The van der Waals surface area contributed by atoms with Crippen LogP contribution < -0.4 is 0 Å². The van der Waals surface area contributed by atoms with E-state index in [9.17, 15) is 5.26 Å². The van der Waals surface area contributed by atoms with Crippen molar-refractivity contribution in [3.63, 3.8) is 0 Å². The average Bonchev–Trinajstić information content (AvgIpc) is 3.46. The number of hydrogen-bond acceptors (Lipinski definition) is 3. The summed E-state index contributed by atoms with van der Waals surface area (Å²) in [6, 6.07) is 2.48. The fourth-order valence-electron chi connectivity index (χ4n) is 7.70. The second-order valence-electron chi connectivity index (χ2n) is 10.2. The Labute approximate surface area is 168 Å². The lowest BCUT2D eigenvalue weighted by Crippen LogP contribution is -2.66. The van der Waals surface area contributed by atoms with Crippen LogP contribution in [0.15, 0.2) is 0 Å². The number of nitrogens with zero attached hydrogens (tertiary/aromatic N) is 3. The van der Waals surface area contributed by atoms with E-state index in [4.69, 9.17) is 0 Å². The maximum atomic E-state index is 9.33. The van der Waals surface area contributed by atoms with Gasteiger partial charge in [0, 0.05) is 19.8 Å². The second-order valence-corrected chi connectivity index (χ2v) is 15.1.